The van der Waals surface area contributed by atoms with Gasteiger partial charge in [0.05, 0.1) is 13.2 Å². The summed E-state index contributed by atoms with van der Waals surface area (Å²) in [6.07, 6.45) is 6.13. The smallest absolute Gasteiger partial charge is 0.330 e. The van der Waals surface area contributed by atoms with Crippen LogP contribution < -0.4 is 0 Å². The van der Waals surface area contributed by atoms with Crippen molar-refractivity contribution in [1.29, 1.82) is 0 Å². The monoisotopic (exact) mass is 360 g/mol. The molecule has 0 aliphatic carbocycles. The lowest BCUT2D eigenvalue weighted by molar-refractivity contribution is -0.138. The normalized spacial score (nSPS) is 7.77. The maximum absolute atomic E-state index is 10.3. The number of hydrogen-bond donors (Lipinski definition) is 0. The van der Waals surface area contributed by atoms with Gasteiger partial charge in [0.15, 0.2) is 0 Å². The Kier molecular flexibility index (Phi) is 26.2. The molecule has 4 heteroatoms. The molecule has 0 aliphatic rings. The molecule has 0 N–H and O–H groups in total. The lowest BCUT2D eigenvalue weighted by atomic mass is 10.2. The number of unbranched alkanes of at least 4 members (excludes halogenated alkanes) is 1. The summed E-state index contributed by atoms with van der Waals surface area (Å²) in [6.45, 7) is 20.8. The summed E-state index contributed by atoms with van der Waals surface area (Å²) in [4.78, 5) is 20.4. The molecule has 1 aromatic rings. The molecule has 0 aromatic heterocycles. The number of ether oxygens (including phenoxy) is 2. The van der Waals surface area contributed by atoms with E-state index in [9.17, 15) is 9.59 Å². The summed E-state index contributed by atoms with van der Waals surface area (Å²) in [6, 6.07) is 10.0. The van der Waals surface area contributed by atoms with Crippen LogP contribution in [-0.4, -0.2) is 25.2 Å². The second kappa shape index (κ2) is 24.4. The van der Waals surface area contributed by atoms with Gasteiger partial charge >= 0.3 is 11.9 Å². The van der Waals surface area contributed by atoms with Crippen LogP contribution in [0.15, 0.2) is 75.4 Å². The van der Waals surface area contributed by atoms with Crippen molar-refractivity contribution < 1.29 is 19.1 Å². The third kappa shape index (κ3) is 23.4. The van der Waals surface area contributed by atoms with E-state index >= 15 is 0 Å². The Morgan fingerprint density at radius 1 is 0.923 bits per heavy atom. The van der Waals surface area contributed by atoms with E-state index in [-0.39, 0.29) is 11.9 Å². The van der Waals surface area contributed by atoms with Gasteiger partial charge in [-0.15, -0.1) is 13.2 Å². The quantitative estimate of drug-likeness (QED) is 0.283. The van der Waals surface area contributed by atoms with Gasteiger partial charge in [-0.05, 0) is 18.9 Å². The SMILES string of the molecule is C=C.C=CC(=O)OCC.C=CC(=O)OCCCC.C=Cc1ccccc1. The fourth-order valence-electron chi connectivity index (χ4n) is 1.17. The number of rotatable bonds is 7. The van der Waals surface area contributed by atoms with Crippen LogP contribution in [-0.2, 0) is 19.1 Å². The molecular formula is C22H32O4. The van der Waals surface area contributed by atoms with Crippen molar-refractivity contribution in [2.45, 2.75) is 26.7 Å². The Balaban J connectivity index is -0.000000293. The van der Waals surface area contributed by atoms with E-state index in [0.29, 0.717) is 13.2 Å². The predicted octanol–water partition coefficient (Wildman–Crippen LogP) is 5.38. The second-order valence-electron chi connectivity index (χ2n) is 4.30. The largest absolute Gasteiger partial charge is 0.463 e. The highest BCUT2D eigenvalue weighted by atomic mass is 16.5. The molecule has 4 nitrogen and oxygen atoms in total. The molecule has 0 saturated carbocycles. The molecule has 0 atom stereocenters. The van der Waals surface area contributed by atoms with Gasteiger partial charge in [0.1, 0.15) is 0 Å². The molecule has 0 spiro atoms. The summed E-state index contributed by atoms with van der Waals surface area (Å²) in [5.74, 6) is -0.689. The molecule has 0 fully saturated rings. The summed E-state index contributed by atoms with van der Waals surface area (Å²) in [5, 5.41) is 0. The van der Waals surface area contributed by atoms with Gasteiger partial charge in [0.25, 0.3) is 0 Å². The van der Waals surface area contributed by atoms with Crippen LogP contribution in [0.5, 0.6) is 0 Å². The molecule has 0 aliphatic heterocycles. The summed E-state index contributed by atoms with van der Waals surface area (Å²) >= 11 is 0. The van der Waals surface area contributed by atoms with Crippen molar-refractivity contribution in [3.63, 3.8) is 0 Å². The summed E-state index contributed by atoms with van der Waals surface area (Å²) in [5.41, 5.74) is 1.17. The minimum Gasteiger partial charge on any atom is -0.463 e. The molecule has 0 radical (unpaired) electrons. The number of hydrogen-bond acceptors (Lipinski definition) is 4. The predicted molar refractivity (Wildman–Crippen MR) is 111 cm³/mol. The number of benzene rings is 1. The Bertz CT molecular complexity index is 492. The van der Waals surface area contributed by atoms with Crippen LogP contribution in [0.3, 0.4) is 0 Å². The maximum Gasteiger partial charge on any atom is 0.330 e. The minimum atomic E-state index is -0.359. The zero-order valence-electron chi connectivity index (χ0n) is 16.1. The molecule has 144 valence electrons. The third-order valence-electron chi connectivity index (χ3n) is 2.40. The highest BCUT2D eigenvalue weighted by Gasteiger charge is 1.91. The molecule has 26 heavy (non-hydrogen) atoms. The van der Waals surface area contributed by atoms with Crippen LogP contribution in [0.2, 0.25) is 0 Å². The van der Waals surface area contributed by atoms with Crippen molar-refractivity contribution in [3.05, 3.63) is 80.9 Å². The van der Waals surface area contributed by atoms with Crippen molar-refractivity contribution in [2.75, 3.05) is 13.2 Å². The molecular weight excluding hydrogens is 328 g/mol. The Morgan fingerprint density at radius 2 is 1.42 bits per heavy atom. The molecule has 0 amide bonds. The first-order valence-corrected chi connectivity index (χ1v) is 8.31. The van der Waals surface area contributed by atoms with Crippen LogP contribution >= 0.6 is 0 Å². The average Bonchev–Trinajstić information content (AvgIpc) is 2.71. The van der Waals surface area contributed by atoms with Crippen LogP contribution in [0.4, 0.5) is 0 Å². The van der Waals surface area contributed by atoms with Gasteiger partial charge in [-0.25, -0.2) is 9.59 Å². The minimum absolute atomic E-state index is 0.330. The standard InChI is InChI=1S/C8H8.C7H12O2.C5H8O2.C2H4/c1-2-8-6-4-3-5-7-8;1-3-5-6-9-7(8)4-2;1-3-5(6)7-4-2;1-2/h2-7H,1H2;4H,2-3,5-6H2,1H3;3H,1,4H2,2H3;1-2H2. The van der Waals surface area contributed by atoms with E-state index in [2.05, 4.69) is 42.4 Å². The van der Waals surface area contributed by atoms with Crippen molar-refractivity contribution >= 4 is 18.0 Å². The van der Waals surface area contributed by atoms with Gasteiger partial charge in [0, 0.05) is 12.2 Å². The number of carbonyl (C=O) groups excluding carboxylic acids is 2. The van der Waals surface area contributed by atoms with Gasteiger partial charge in [-0.1, -0.05) is 69.5 Å². The van der Waals surface area contributed by atoms with E-state index < -0.39 is 0 Å². The Labute approximate surface area is 158 Å². The molecule has 1 aromatic carbocycles. The Morgan fingerprint density at radius 3 is 1.73 bits per heavy atom. The van der Waals surface area contributed by atoms with Gasteiger partial charge < -0.3 is 9.47 Å². The molecule has 0 saturated heterocycles. The van der Waals surface area contributed by atoms with E-state index in [4.69, 9.17) is 0 Å². The van der Waals surface area contributed by atoms with Gasteiger partial charge in [-0.3, -0.25) is 0 Å². The molecule has 0 bridgehead atoms. The van der Waals surface area contributed by atoms with E-state index in [1.807, 2.05) is 43.3 Å². The fourth-order valence-corrected chi connectivity index (χ4v) is 1.17. The topological polar surface area (TPSA) is 52.6 Å². The zero-order chi connectivity index (χ0) is 20.6. The fraction of sp³-hybridized carbons (Fsp3) is 0.273. The second-order valence-corrected chi connectivity index (χ2v) is 4.30. The van der Waals surface area contributed by atoms with Crippen molar-refractivity contribution in [3.8, 4) is 0 Å². The van der Waals surface area contributed by atoms with Crippen molar-refractivity contribution in [2.24, 2.45) is 0 Å². The van der Waals surface area contributed by atoms with Crippen molar-refractivity contribution in [1.82, 2.24) is 0 Å². The Hall–Kier alpha value is -2.88. The van der Waals surface area contributed by atoms with Gasteiger partial charge in [-0.2, -0.15) is 0 Å². The first kappa shape index (κ1) is 27.9. The first-order valence-electron chi connectivity index (χ1n) is 8.31. The zero-order valence-corrected chi connectivity index (χ0v) is 16.1. The first-order chi connectivity index (χ1) is 12.5. The maximum atomic E-state index is 10.3. The number of esters is 2. The molecule has 0 heterocycles. The average molecular weight is 360 g/mol. The van der Waals surface area contributed by atoms with Crippen LogP contribution in [0.1, 0.15) is 32.3 Å². The molecule has 1 rings (SSSR count). The van der Waals surface area contributed by atoms with Crippen LogP contribution in [0, 0.1) is 0 Å². The third-order valence-corrected chi connectivity index (χ3v) is 2.40. The molecule has 0 unspecified atom stereocenters. The lowest BCUT2D eigenvalue weighted by Gasteiger charge is -1.97. The highest BCUT2D eigenvalue weighted by molar-refractivity contribution is 5.81. The van der Waals surface area contributed by atoms with E-state index in [1.54, 1.807) is 6.92 Å². The summed E-state index contributed by atoms with van der Waals surface area (Å²) in [7, 11) is 0. The van der Waals surface area contributed by atoms with E-state index in [0.717, 1.165) is 18.9 Å². The van der Waals surface area contributed by atoms with Gasteiger partial charge in [0.2, 0.25) is 0 Å². The summed E-state index contributed by atoms with van der Waals surface area (Å²) < 4.78 is 9.11. The highest BCUT2D eigenvalue weighted by Crippen LogP contribution is 1.97. The number of carbonyl (C=O) groups is 2. The lowest BCUT2D eigenvalue weighted by Crippen LogP contribution is -2.00. The van der Waals surface area contributed by atoms with E-state index in [1.165, 1.54) is 11.6 Å². The van der Waals surface area contributed by atoms with Crippen LogP contribution in [0.25, 0.3) is 6.08 Å².